The Labute approximate surface area is 186 Å². The highest BCUT2D eigenvalue weighted by Crippen LogP contribution is 2.41. The fourth-order valence-corrected chi connectivity index (χ4v) is 3.90. The molecule has 11 heteroatoms. The number of rotatable bonds is 3. The van der Waals surface area contributed by atoms with E-state index in [-0.39, 0.29) is 12.3 Å². The number of nitriles is 1. The normalized spacial score (nSPS) is 19.6. The summed E-state index contributed by atoms with van der Waals surface area (Å²) in [5.74, 6) is -0.258. The van der Waals surface area contributed by atoms with Gasteiger partial charge in [0.1, 0.15) is 17.4 Å². The summed E-state index contributed by atoms with van der Waals surface area (Å²) in [5.41, 5.74) is -2.64. The summed E-state index contributed by atoms with van der Waals surface area (Å²) in [5, 5.41) is 21.4. The van der Waals surface area contributed by atoms with Gasteiger partial charge in [-0.15, -0.1) is 0 Å². The molecule has 2 N–H and O–H groups in total. The fourth-order valence-electron chi connectivity index (χ4n) is 3.90. The van der Waals surface area contributed by atoms with Gasteiger partial charge in [-0.1, -0.05) is 0 Å². The van der Waals surface area contributed by atoms with Crippen LogP contribution in [0.5, 0.6) is 5.75 Å². The highest BCUT2D eigenvalue weighted by Gasteiger charge is 2.53. The van der Waals surface area contributed by atoms with Crippen LogP contribution in [0.2, 0.25) is 0 Å². The maximum atomic E-state index is 13.4. The van der Waals surface area contributed by atoms with E-state index in [0.717, 1.165) is 12.1 Å². The van der Waals surface area contributed by atoms with Crippen molar-refractivity contribution < 1.29 is 32.6 Å². The zero-order valence-electron chi connectivity index (χ0n) is 17.6. The van der Waals surface area contributed by atoms with Crippen LogP contribution in [-0.2, 0) is 11.0 Å². The van der Waals surface area contributed by atoms with Crippen LogP contribution in [0, 0.1) is 11.3 Å². The third kappa shape index (κ3) is 3.62. The van der Waals surface area contributed by atoms with Crippen molar-refractivity contribution in [3.05, 3.63) is 47.5 Å². The first-order chi connectivity index (χ1) is 15.5. The van der Waals surface area contributed by atoms with Gasteiger partial charge in [0.05, 0.1) is 41.7 Å². The fraction of sp³-hybridized carbons (Fsp3) is 0.318. The number of carbonyl (C=O) groups is 2. The van der Waals surface area contributed by atoms with E-state index in [1.165, 1.54) is 24.8 Å². The summed E-state index contributed by atoms with van der Waals surface area (Å²) in [6.45, 7) is 3.14. The number of hydrogen-bond donors (Lipinski definition) is 2. The molecule has 1 fully saturated rings. The van der Waals surface area contributed by atoms with E-state index in [1.54, 1.807) is 18.2 Å². The van der Waals surface area contributed by atoms with E-state index in [0.29, 0.717) is 34.6 Å². The van der Waals surface area contributed by atoms with E-state index >= 15 is 0 Å². The number of alkyl halides is 3. The Morgan fingerprint density at radius 3 is 2.55 bits per heavy atom. The molecule has 172 valence electrons. The minimum atomic E-state index is -4.83. The Kier molecular flexibility index (Phi) is 5.21. The second-order valence-electron chi connectivity index (χ2n) is 8.14. The first-order valence-corrected chi connectivity index (χ1v) is 9.94. The van der Waals surface area contributed by atoms with Crippen molar-refractivity contribution in [2.24, 2.45) is 0 Å². The average molecular weight is 460 g/mol. The van der Waals surface area contributed by atoms with Gasteiger partial charge in [0.2, 0.25) is 0 Å². The Balaban J connectivity index is 1.74. The quantitative estimate of drug-likeness (QED) is 0.680. The predicted octanol–water partition coefficient (Wildman–Crippen LogP) is 3.49. The summed E-state index contributed by atoms with van der Waals surface area (Å²) in [6, 6.07) is 8.09. The zero-order valence-corrected chi connectivity index (χ0v) is 17.6. The second kappa shape index (κ2) is 7.67. The lowest BCUT2D eigenvalue weighted by atomic mass is 10.0. The Hall–Kier alpha value is -3.78. The molecule has 8 nitrogen and oxygen atoms in total. The van der Waals surface area contributed by atoms with Gasteiger partial charge in [-0.05, 0) is 50.2 Å². The van der Waals surface area contributed by atoms with Gasteiger partial charge in [-0.2, -0.15) is 18.4 Å². The van der Waals surface area contributed by atoms with Crippen LogP contribution in [0.1, 0.15) is 25.0 Å². The standard InChI is InChI=1S/C22H19F3N4O4/c1-21(2)19(31)28(13-4-3-12(9-26)16(7-13)22(23,24)25)20(32)29(21)14-5-6-18-17(8-14)27-10-15(11-30)33-18/h3-8,15,27,30H,10-11H2,1-2H3/t15-/m1/s1. The number of halogens is 3. The number of hydrogen-bond acceptors (Lipinski definition) is 6. The smallest absolute Gasteiger partial charge is 0.417 e. The zero-order chi connectivity index (χ0) is 24.1. The van der Waals surface area contributed by atoms with Crippen molar-refractivity contribution in [3.63, 3.8) is 0 Å². The topological polar surface area (TPSA) is 106 Å². The molecule has 0 saturated carbocycles. The largest absolute Gasteiger partial charge is 0.484 e. The van der Waals surface area contributed by atoms with E-state index in [2.05, 4.69) is 5.32 Å². The molecule has 4 rings (SSSR count). The highest BCUT2D eigenvalue weighted by atomic mass is 19.4. The average Bonchev–Trinajstić information content (AvgIpc) is 2.95. The molecule has 2 aliphatic rings. The lowest BCUT2D eigenvalue weighted by Crippen LogP contribution is -2.44. The lowest BCUT2D eigenvalue weighted by Gasteiger charge is -2.30. The van der Waals surface area contributed by atoms with E-state index in [9.17, 15) is 27.9 Å². The molecule has 2 aliphatic heterocycles. The number of aliphatic hydroxyl groups is 1. The van der Waals surface area contributed by atoms with Crippen LogP contribution in [0.4, 0.5) is 35.0 Å². The van der Waals surface area contributed by atoms with Gasteiger partial charge in [0.15, 0.2) is 0 Å². The molecule has 0 spiro atoms. The summed E-state index contributed by atoms with van der Waals surface area (Å²) in [6.07, 6.45) is -5.26. The number of amides is 3. The van der Waals surface area contributed by atoms with E-state index < -0.39 is 40.9 Å². The van der Waals surface area contributed by atoms with E-state index in [1.807, 2.05) is 0 Å². The SMILES string of the molecule is CC1(C)C(=O)N(c2ccc(C#N)c(C(F)(F)F)c2)C(=O)N1c1ccc2c(c1)NC[C@H](CO)O2. The molecule has 0 aromatic heterocycles. The lowest BCUT2D eigenvalue weighted by molar-refractivity contribution is -0.137. The number of nitrogens with zero attached hydrogens (tertiary/aromatic N) is 3. The Bertz CT molecular complexity index is 1190. The van der Waals surface area contributed by atoms with Crippen molar-refractivity contribution >= 4 is 29.0 Å². The van der Waals surface area contributed by atoms with Crippen molar-refractivity contribution in [3.8, 4) is 11.8 Å². The van der Waals surface area contributed by atoms with Crippen LogP contribution >= 0.6 is 0 Å². The molecule has 0 radical (unpaired) electrons. The number of imide groups is 1. The molecule has 1 atom stereocenters. The van der Waals surface area contributed by atoms with Gasteiger partial charge in [-0.3, -0.25) is 9.69 Å². The number of carbonyl (C=O) groups excluding carboxylic acids is 2. The molecule has 0 unspecified atom stereocenters. The first kappa shape index (κ1) is 22.4. The van der Waals surface area contributed by atoms with E-state index in [4.69, 9.17) is 10.00 Å². The summed E-state index contributed by atoms with van der Waals surface area (Å²) in [4.78, 5) is 28.3. The molecule has 0 bridgehead atoms. The third-order valence-corrected chi connectivity index (χ3v) is 5.59. The van der Waals surface area contributed by atoms with Crippen LogP contribution in [0.3, 0.4) is 0 Å². The number of urea groups is 1. The number of aliphatic hydroxyl groups excluding tert-OH is 1. The minimum Gasteiger partial charge on any atom is -0.484 e. The summed E-state index contributed by atoms with van der Waals surface area (Å²) < 4.78 is 45.9. The van der Waals surface area contributed by atoms with Crippen molar-refractivity contribution in [1.82, 2.24) is 0 Å². The van der Waals surface area contributed by atoms with Gasteiger partial charge in [0.25, 0.3) is 5.91 Å². The molecule has 2 heterocycles. The van der Waals surface area contributed by atoms with Crippen LogP contribution in [-0.4, -0.2) is 41.8 Å². The molecule has 0 aliphatic carbocycles. The van der Waals surface area contributed by atoms with Gasteiger partial charge in [0, 0.05) is 5.69 Å². The van der Waals surface area contributed by atoms with Crippen molar-refractivity contribution in [1.29, 1.82) is 5.26 Å². The van der Waals surface area contributed by atoms with Crippen molar-refractivity contribution in [2.75, 3.05) is 28.3 Å². The van der Waals surface area contributed by atoms with Gasteiger partial charge >= 0.3 is 12.2 Å². The maximum Gasteiger partial charge on any atom is 0.417 e. The van der Waals surface area contributed by atoms with Gasteiger partial charge in [-0.25, -0.2) is 9.69 Å². The van der Waals surface area contributed by atoms with Crippen LogP contribution < -0.4 is 19.9 Å². The number of anilines is 3. The number of nitrogens with one attached hydrogen (secondary N) is 1. The number of fused-ring (bicyclic) bond motifs is 1. The van der Waals surface area contributed by atoms with Gasteiger partial charge < -0.3 is 15.2 Å². The molecular formula is C22H19F3N4O4. The molecule has 1 saturated heterocycles. The molecule has 3 amide bonds. The monoisotopic (exact) mass is 460 g/mol. The van der Waals surface area contributed by atoms with Crippen LogP contribution in [0.25, 0.3) is 0 Å². The first-order valence-electron chi connectivity index (χ1n) is 9.94. The second-order valence-corrected chi connectivity index (χ2v) is 8.14. The number of ether oxygens (including phenoxy) is 1. The molecule has 2 aromatic carbocycles. The molecular weight excluding hydrogens is 441 g/mol. The predicted molar refractivity (Wildman–Crippen MR) is 112 cm³/mol. The van der Waals surface area contributed by atoms with Crippen LogP contribution in [0.15, 0.2) is 36.4 Å². The summed E-state index contributed by atoms with van der Waals surface area (Å²) >= 11 is 0. The molecule has 2 aromatic rings. The Morgan fingerprint density at radius 1 is 1.21 bits per heavy atom. The number of benzene rings is 2. The highest BCUT2D eigenvalue weighted by molar-refractivity contribution is 6.30. The Morgan fingerprint density at radius 2 is 1.91 bits per heavy atom. The molecule has 33 heavy (non-hydrogen) atoms. The summed E-state index contributed by atoms with van der Waals surface area (Å²) in [7, 11) is 0. The minimum absolute atomic E-state index is 0.181. The third-order valence-electron chi connectivity index (χ3n) is 5.59. The maximum absolute atomic E-state index is 13.4. The van der Waals surface area contributed by atoms with Crippen molar-refractivity contribution in [2.45, 2.75) is 31.7 Å².